The molecule has 0 aliphatic carbocycles. The highest BCUT2D eigenvalue weighted by Gasteiger charge is 2.29. The molecule has 0 spiro atoms. The lowest BCUT2D eigenvalue weighted by molar-refractivity contribution is -0.122. The summed E-state index contributed by atoms with van der Waals surface area (Å²) in [5, 5.41) is 2.96. The maximum absolute atomic E-state index is 12.1. The molecule has 1 saturated heterocycles. The Kier molecular flexibility index (Phi) is 5.92. The summed E-state index contributed by atoms with van der Waals surface area (Å²) < 4.78 is 22.8. The molecule has 1 N–H and O–H groups in total. The minimum absolute atomic E-state index is 0.0273. The molecule has 2 atom stereocenters. The fourth-order valence-corrected chi connectivity index (χ4v) is 5.22. The zero-order valence-corrected chi connectivity index (χ0v) is 14.7. The minimum atomic E-state index is -2.91. The van der Waals surface area contributed by atoms with Crippen LogP contribution in [0.25, 0.3) is 0 Å². The van der Waals surface area contributed by atoms with Crippen LogP contribution in [0.15, 0.2) is 29.2 Å². The Balaban J connectivity index is 1.85. The van der Waals surface area contributed by atoms with Crippen LogP contribution in [0.4, 0.5) is 0 Å². The molecule has 2 rings (SSSR count). The summed E-state index contributed by atoms with van der Waals surface area (Å²) in [6, 6.07) is 8.13. The summed E-state index contributed by atoms with van der Waals surface area (Å²) in [5.41, 5.74) is 1.06. The molecule has 6 heteroatoms. The van der Waals surface area contributed by atoms with E-state index >= 15 is 0 Å². The first-order chi connectivity index (χ1) is 10.4. The molecule has 1 amide bonds. The van der Waals surface area contributed by atoms with E-state index in [1.165, 1.54) is 4.90 Å². The lowest BCUT2D eigenvalue weighted by atomic mass is 10.0. The van der Waals surface area contributed by atoms with Crippen LogP contribution in [0.5, 0.6) is 0 Å². The van der Waals surface area contributed by atoms with E-state index in [0.29, 0.717) is 12.8 Å². The van der Waals surface area contributed by atoms with Crippen molar-refractivity contribution in [2.75, 3.05) is 17.3 Å². The highest BCUT2D eigenvalue weighted by Crippen LogP contribution is 2.23. The topological polar surface area (TPSA) is 63.2 Å². The van der Waals surface area contributed by atoms with Crippen LogP contribution in [0.1, 0.15) is 38.3 Å². The Hall–Kier alpha value is -1.01. The van der Waals surface area contributed by atoms with Gasteiger partial charge < -0.3 is 5.32 Å². The van der Waals surface area contributed by atoms with Gasteiger partial charge in [0.05, 0.1) is 17.5 Å². The first kappa shape index (κ1) is 17.3. The second-order valence-electron chi connectivity index (χ2n) is 5.76. The molecule has 1 fully saturated rings. The molecule has 1 aromatic carbocycles. The first-order valence-electron chi connectivity index (χ1n) is 7.62. The van der Waals surface area contributed by atoms with E-state index in [2.05, 4.69) is 24.4 Å². The summed E-state index contributed by atoms with van der Waals surface area (Å²) in [6.07, 6.45) is 0.903. The average Bonchev–Trinajstić information content (AvgIpc) is 2.78. The van der Waals surface area contributed by atoms with Gasteiger partial charge in [0.2, 0.25) is 5.91 Å². The van der Waals surface area contributed by atoms with Crippen LogP contribution in [-0.2, 0) is 14.6 Å². The Morgan fingerprint density at radius 2 is 2.05 bits per heavy atom. The Morgan fingerprint density at radius 3 is 2.59 bits per heavy atom. The lowest BCUT2D eigenvalue weighted by Crippen LogP contribution is -2.28. The maximum Gasteiger partial charge on any atom is 0.220 e. The fourth-order valence-electron chi connectivity index (χ4n) is 2.70. The number of hydrogen-bond donors (Lipinski definition) is 1. The monoisotopic (exact) mass is 341 g/mol. The van der Waals surface area contributed by atoms with Crippen LogP contribution in [0.3, 0.4) is 0 Å². The van der Waals surface area contributed by atoms with Gasteiger partial charge in [0.25, 0.3) is 0 Å². The lowest BCUT2D eigenvalue weighted by Gasteiger charge is -2.16. The van der Waals surface area contributed by atoms with Crippen molar-refractivity contribution in [1.29, 1.82) is 0 Å². The number of rotatable bonds is 6. The number of carbonyl (C=O) groups excluding carboxylic acids is 1. The molecule has 1 aromatic rings. The molecule has 1 aliphatic rings. The predicted octanol–water partition coefficient (Wildman–Crippen LogP) is 2.80. The van der Waals surface area contributed by atoms with Gasteiger partial charge in [0.15, 0.2) is 9.84 Å². The smallest absolute Gasteiger partial charge is 0.220 e. The van der Waals surface area contributed by atoms with Crippen LogP contribution < -0.4 is 5.32 Å². The van der Waals surface area contributed by atoms with Gasteiger partial charge in [-0.2, -0.15) is 0 Å². The van der Waals surface area contributed by atoms with Crippen LogP contribution in [0.2, 0.25) is 0 Å². The second-order valence-corrected chi connectivity index (χ2v) is 9.33. The Labute approximate surface area is 137 Å². The molecule has 0 radical (unpaired) electrons. The molecule has 0 unspecified atom stereocenters. The van der Waals surface area contributed by atoms with Crippen molar-refractivity contribution in [2.45, 2.75) is 37.6 Å². The van der Waals surface area contributed by atoms with Gasteiger partial charge in [-0.15, -0.1) is 11.8 Å². The van der Waals surface area contributed by atoms with E-state index in [4.69, 9.17) is 0 Å². The molecule has 0 bridgehead atoms. The van der Waals surface area contributed by atoms with Gasteiger partial charge in [0.1, 0.15) is 0 Å². The zero-order chi connectivity index (χ0) is 16.2. The highest BCUT2D eigenvalue weighted by atomic mass is 32.2. The van der Waals surface area contributed by atoms with Gasteiger partial charge >= 0.3 is 0 Å². The normalized spacial score (nSPS) is 21.5. The van der Waals surface area contributed by atoms with Gasteiger partial charge in [-0.25, -0.2) is 8.42 Å². The van der Waals surface area contributed by atoms with Crippen LogP contribution >= 0.6 is 11.8 Å². The standard InChI is InChI=1S/C16H23NO3S2/c1-3-21-15-6-4-14(5-7-15)12(2)17-16(18)10-13-8-9-22(19,20)11-13/h4-7,12-13H,3,8-11H2,1-2H3,(H,17,18)/t12-,13-/m0/s1. The van der Waals surface area contributed by atoms with Crippen LogP contribution in [-0.4, -0.2) is 31.6 Å². The molecular weight excluding hydrogens is 318 g/mol. The van der Waals surface area contributed by atoms with Gasteiger partial charge in [-0.05, 0) is 42.7 Å². The van der Waals surface area contributed by atoms with Crippen molar-refractivity contribution in [3.8, 4) is 0 Å². The number of nitrogens with one attached hydrogen (secondary N) is 1. The molecule has 4 nitrogen and oxygen atoms in total. The molecule has 1 aliphatic heterocycles. The number of hydrogen-bond acceptors (Lipinski definition) is 4. The van der Waals surface area contributed by atoms with Crippen molar-refractivity contribution < 1.29 is 13.2 Å². The number of carbonyl (C=O) groups is 1. The maximum atomic E-state index is 12.1. The quantitative estimate of drug-likeness (QED) is 0.808. The predicted molar refractivity (Wildman–Crippen MR) is 90.8 cm³/mol. The number of thioether (sulfide) groups is 1. The summed E-state index contributed by atoms with van der Waals surface area (Å²) in [6.45, 7) is 4.07. The summed E-state index contributed by atoms with van der Waals surface area (Å²) in [4.78, 5) is 13.3. The van der Waals surface area contributed by atoms with Gasteiger partial charge in [0, 0.05) is 11.3 Å². The Morgan fingerprint density at radius 1 is 1.36 bits per heavy atom. The largest absolute Gasteiger partial charge is 0.350 e. The van der Waals surface area contributed by atoms with Gasteiger partial charge in [-0.1, -0.05) is 19.1 Å². The summed E-state index contributed by atoms with van der Waals surface area (Å²) >= 11 is 1.79. The first-order valence-corrected chi connectivity index (χ1v) is 10.4. The number of amides is 1. The number of sulfone groups is 1. The van der Waals surface area contributed by atoms with Crippen molar-refractivity contribution in [2.24, 2.45) is 5.92 Å². The van der Waals surface area contributed by atoms with Crippen molar-refractivity contribution in [3.05, 3.63) is 29.8 Å². The molecule has 122 valence electrons. The van der Waals surface area contributed by atoms with Gasteiger partial charge in [-0.3, -0.25) is 4.79 Å². The molecule has 22 heavy (non-hydrogen) atoms. The Bertz CT molecular complexity index is 611. The number of benzene rings is 1. The third kappa shape index (κ3) is 5.02. The summed E-state index contributed by atoms with van der Waals surface area (Å²) in [5.74, 6) is 1.31. The highest BCUT2D eigenvalue weighted by molar-refractivity contribution is 7.99. The molecule has 1 heterocycles. The van der Waals surface area contributed by atoms with E-state index in [9.17, 15) is 13.2 Å². The van der Waals surface area contributed by atoms with E-state index < -0.39 is 9.84 Å². The molecule has 0 saturated carbocycles. The fraction of sp³-hybridized carbons (Fsp3) is 0.562. The second kappa shape index (κ2) is 7.51. The zero-order valence-electron chi connectivity index (χ0n) is 13.0. The minimum Gasteiger partial charge on any atom is -0.350 e. The van der Waals surface area contributed by atoms with Crippen LogP contribution in [0, 0.1) is 5.92 Å². The third-order valence-corrected chi connectivity index (χ3v) is 6.60. The van der Waals surface area contributed by atoms with Crippen molar-refractivity contribution in [1.82, 2.24) is 5.32 Å². The van der Waals surface area contributed by atoms with E-state index in [1.807, 2.05) is 19.1 Å². The van der Waals surface area contributed by atoms with E-state index in [-0.39, 0.29) is 29.4 Å². The van der Waals surface area contributed by atoms with Crippen molar-refractivity contribution >= 4 is 27.5 Å². The summed E-state index contributed by atoms with van der Waals surface area (Å²) in [7, 11) is -2.91. The van der Waals surface area contributed by atoms with E-state index in [0.717, 1.165) is 11.3 Å². The van der Waals surface area contributed by atoms with Crippen molar-refractivity contribution in [3.63, 3.8) is 0 Å². The van der Waals surface area contributed by atoms with E-state index in [1.54, 1.807) is 11.8 Å². The molecular formula is C16H23NO3S2. The SMILES string of the molecule is CCSc1ccc([C@H](C)NC(=O)C[C@@H]2CCS(=O)(=O)C2)cc1. The third-order valence-electron chi connectivity index (χ3n) is 3.87. The average molecular weight is 341 g/mol. The molecule has 0 aromatic heterocycles.